The minimum Gasteiger partial charge on any atom is -0.496 e. The fraction of sp³-hybridized carbons (Fsp3) is 0.188. The summed E-state index contributed by atoms with van der Waals surface area (Å²) in [5, 5.41) is 2.89. The average Bonchev–Trinajstić information content (AvgIpc) is 2.50. The number of nitrogens with one attached hydrogen (secondary N) is 1. The van der Waals surface area contributed by atoms with E-state index in [9.17, 15) is 4.79 Å². The van der Waals surface area contributed by atoms with Crippen molar-refractivity contribution in [2.75, 3.05) is 18.7 Å². The van der Waals surface area contributed by atoms with Crippen LogP contribution in [0.1, 0.15) is 15.9 Å². The highest BCUT2D eigenvalue weighted by Crippen LogP contribution is 2.26. The number of carbonyl (C=O) groups excluding carboxylic acids is 1. The third-order valence-corrected chi connectivity index (χ3v) is 4.68. The highest BCUT2D eigenvalue weighted by atomic mass is 79.9. The number of anilines is 1. The average molecular weight is 366 g/mol. The Balaban J connectivity index is 2.25. The van der Waals surface area contributed by atoms with Gasteiger partial charge in [-0.25, -0.2) is 0 Å². The van der Waals surface area contributed by atoms with Gasteiger partial charge in [0, 0.05) is 15.1 Å². The third kappa shape index (κ3) is 3.80. The molecular formula is C16H16BrNO2S. The van der Waals surface area contributed by atoms with Crippen molar-refractivity contribution in [3.8, 4) is 5.75 Å². The molecule has 0 aliphatic carbocycles. The van der Waals surface area contributed by atoms with Crippen LogP contribution in [0.25, 0.3) is 0 Å². The lowest BCUT2D eigenvalue weighted by Gasteiger charge is -2.11. The van der Waals surface area contributed by atoms with Crippen LogP contribution < -0.4 is 10.1 Å². The summed E-state index contributed by atoms with van der Waals surface area (Å²) < 4.78 is 6.32. The smallest absolute Gasteiger partial charge is 0.259 e. The van der Waals surface area contributed by atoms with Gasteiger partial charge in [-0.15, -0.1) is 11.8 Å². The van der Waals surface area contributed by atoms with Crippen LogP contribution in [0.3, 0.4) is 0 Å². The zero-order chi connectivity index (χ0) is 15.4. The first-order chi connectivity index (χ1) is 10.0. The molecule has 0 saturated heterocycles. The van der Waals surface area contributed by atoms with Crippen molar-refractivity contribution in [1.82, 2.24) is 0 Å². The lowest BCUT2D eigenvalue weighted by molar-refractivity contribution is 0.102. The first-order valence-electron chi connectivity index (χ1n) is 6.34. The van der Waals surface area contributed by atoms with Crippen LogP contribution in [0, 0.1) is 6.92 Å². The Bertz CT molecular complexity index is 673. The maximum Gasteiger partial charge on any atom is 0.259 e. The molecule has 0 bridgehead atoms. The van der Waals surface area contributed by atoms with E-state index >= 15 is 0 Å². The number of hydrogen-bond donors (Lipinski definition) is 1. The molecule has 0 fully saturated rings. The summed E-state index contributed by atoms with van der Waals surface area (Å²) in [7, 11) is 1.57. The summed E-state index contributed by atoms with van der Waals surface area (Å²) >= 11 is 5.05. The molecule has 2 aromatic rings. The predicted octanol–water partition coefficient (Wildman–Crippen LogP) is 4.74. The molecule has 0 aromatic heterocycles. The summed E-state index contributed by atoms with van der Waals surface area (Å²) in [5.74, 6) is 0.398. The quantitative estimate of drug-likeness (QED) is 0.795. The standard InChI is InChI=1S/C16H16BrNO2S/c1-10-8-11(4-7-14(10)17)18-16(19)13-6-5-12(21-3)9-15(13)20-2/h4-9H,1-3H3,(H,18,19). The number of thioether (sulfide) groups is 1. The van der Waals surface area contributed by atoms with Crippen molar-refractivity contribution in [3.63, 3.8) is 0 Å². The van der Waals surface area contributed by atoms with E-state index in [4.69, 9.17) is 4.74 Å². The molecule has 5 heteroatoms. The third-order valence-electron chi connectivity index (χ3n) is 3.07. The molecule has 0 saturated carbocycles. The Kier molecular flexibility index (Phi) is 5.31. The van der Waals surface area contributed by atoms with Gasteiger partial charge in [0.05, 0.1) is 12.7 Å². The van der Waals surface area contributed by atoms with Gasteiger partial charge in [0.2, 0.25) is 0 Å². The number of ether oxygens (including phenoxy) is 1. The molecule has 2 aromatic carbocycles. The second kappa shape index (κ2) is 7.00. The first kappa shape index (κ1) is 15.9. The van der Waals surface area contributed by atoms with Crippen molar-refractivity contribution in [2.24, 2.45) is 0 Å². The minimum absolute atomic E-state index is 0.179. The van der Waals surface area contributed by atoms with Crippen LogP contribution in [0.4, 0.5) is 5.69 Å². The van der Waals surface area contributed by atoms with E-state index < -0.39 is 0 Å². The van der Waals surface area contributed by atoms with Gasteiger partial charge < -0.3 is 10.1 Å². The van der Waals surface area contributed by atoms with Crippen molar-refractivity contribution < 1.29 is 9.53 Å². The Labute approximate surface area is 137 Å². The molecule has 0 atom stereocenters. The van der Waals surface area contributed by atoms with Gasteiger partial charge in [0.25, 0.3) is 5.91 Å². The van der Waals surface area contributed by atoms with Crippen LogP contribution in [-0.2, 0) is 0 Å². The fourth-order valence-electron chi connectivity index (χ4n) is 1.91. The van der Waals surface area contributed by atoms with Crippen LogP contribution in [0.2, 0.25) is 0 Å². The maximum atomic E-state index is 12.4. The second-order valence-corrected chi connectivity index (χ2v) is 6.22. The maximum absolute atomic E-state index is 12.4. The number of benzene rings is 2. The van der Waals surface area contributed by atoms with Gasteiger partial charge in [-0.1, -0.05) is 15.9 Å². The van der Waals surface area contributed by atoms with Gasteiger partial charge in [-0.2, -0.15) is 0 Å². The monoisotopic (exact) mass is 365 g/mol. The van der Waals surface area contributed by atoms with E-state index in [-0.39, 0.29) is 5.91 Å². The summed E-state index contributed by atoms with van der Waals surface area (Å²) in [4.78, 5) is 13.4. The van der Waals surface area contributed by atoms with Gasteiger partial charge in [0.15, 0.2) is 0 Å². The topological polar surface area (TPSA) is 38.3 Å². The molecule has 0 heterocycles. The molecule has 0 unspecified atom stereocenters. The molecule has 3 nitrogen and oxygen atoms in total. The van der Waals surface area contributed by atoms with E-state index in [2.05, 4.69) is 21.2 Å². The highest BCUT2D eigenvalue weighted by Gasteiger charge is 2.13. The van der Waals surface area contributed by atoms with Crippen molar-refractivity contribution in [1.29, 1.82) is 0 Å². The number of halogens is 1. The zero-order valence-electron chi connectivity index (χ0n) is 12.1. The lowest BCUT2D eigenvalue weighted by atomic mass is 10.1. The SMILES string of the molecule is COc1cc(SC)ccc1C(=O)Nc1ccc(Br)c(C)c1. The van der Waals surface area contributed by atoms with Gasteiger partial charge in [0.1, 0.15) is 5.75 Å². The molecule has 110 valence electrons. The van der Waals surface area contributed by atoms with Crippen LogP contribution in [-0.4, -0.2) is 19.3 Å². The molecule has 0 radical (unpaired) electrons. The second-order valence-electron chi connectivity index (χ2n) is 4.48. The largest absolute Gasteiger partial charge is 0.496 e. The molecule has 2 rings (SSSR count). The first-order valence-corrected chi connectivity index (χ1v) is 8.36. The summed E-state index contributed by atoms with van der Waals surface area (Å²) in [6.07, 6.45) is 1.99. The Morgan fingerprint density at radius 2 is 2.00 bits per heavy atom. The number of amides is 1. The Morgan fingerprint density at radius 3 is 2.62 bits per heavy atom. The van der Waals surface area contributed by atoms with E-state index in [1.165, 1.54) is 0 Å². The van der Waals surface area contributed by atoms with Crippen molar-refractivity contribution in [2.45, 2.75) is 11.8 Å². The van der Waals surface area contributed by atoms with Gasteiger partial charge >= 0.3 is 0 Å². The predicted molar refractivity (Wildman–Crippen MR) is 91.6 cm³/mol. The fourth-order valence-corrected chi connectivity index (χ4v) is 2.58. The molecule has 1 N–H and O–H groups in total. The number of hydrogen-bond acceptors (Lipinski definition) is 3. The van der Waals surface area contributed by atoms with E-state index in [1.807, 2.05) is 43.5 Å². The number of methoxy groups -OCH3 is 1. The Morgan fingerprint density at radius 1 is 1.24 bits per heavy atom. The lowest BCUT2D eigenvalue weighted by Crippen LogP contribution is -2.13. The number of aryl methyl sites for hydroxylation is 1. The minimum atomic E-state index is -0.179. The molecule has 1 amide bonds. The molecule has 0 aliphatic rings. The van der Waals surface area contributed by atoms with E-state index in [1.54, 1.807) is 24.9 Å². The molecule has 0 spiro atoms. The summed E-state index contributed by atoms with van der Waals surface area (Å²) in [6.45, 7) is 1.98. The summed E-state index contributed by atoms with van der Waals surface area (Å²) in [5.41, 5.74) is 2.35. The van der Waals surface area contributed by atoms with Gasteiger partial charge in [-0.05, 0) is 55.1 Å². The molecule has 21 heavy (non-hydrogen) atoms. The Hall–Kier alpha value is -1.46. The van der Waals surface area contributed by atoms with Gasteiger partial charge in [-0.3, -0.25) is 4.79 Å². The number of rotatable bonds is 4. The molecular weight excluding hydrogens is 350 g/mol. The highest BCUT2D eigenvalue weighted by molar-refractivity contribution is 9.10. The molecule has 0 aliphatic heterocycles. The van der Waals surface area contributed by atoms with Crippen molar-refractivity contribution in [3.05, 3.63) is 52.0 Å². The summed E-state index contributed by atoms with van der Waals surface area (Å²) in [6, 6.07) is 11.3. The van der Waals surface area contributed by atoms with Crippen molar-refractivity contribution >= 4 is 39.3 Å². The van der Waals surface area contributed by atoms with Crippen LogP contribution in [0.5, 0.6) is 5.75 Å². The van der Waals surface area contributed by atoms with E-state index in [0.29, 0.717) is 11.3 Å². The van der Waals surface area contributed by atoms with Crippen LogP contribution in [0.15, 0.2) is 45.8 Å². The normalized spacial score (nSPS) is 10.3. The zero-order valence-corrected chi connectivity index (χ0v) is 14.5. The van der Waals surface area contributed by atoms with E-state index in [0.717, 1.165) is 20.6 Å². The number of carbonyl (C=O) groups is 1. The van der Waals surface area contributed by atoms with Crippen LogP contribution >= 0.6 is 27.7 Å².